The predicted molar refractivity (Wildman–Crippen MR) is 110 cm³/mol. The van der Waals surface area contributed by atoms with Gasteiger partial charge in [-0.3, -0.25) is 4.79 Å². The summed E-state index contributed by atoms with van der Waals surface area (Å²) < 4.78 is 19.6. The minimum Gasteiger partial charge on any atom is -0.448 e. The zero-order valence-corrected chi connectivity index (χ0v) is 16.4. The SMILES string of the molecule is CSCC[C@H](NC(=O)c1oc2c(F)cccc2c1C)c1nc2ccccc2[nH]1. The Labute approximate surface area is 165 Å². The van der Waals surface area contributed by atoms with E-state index in [0.29, 0.717) is 23.2 Å². The smallest absolute Gasteiger partial charge is 0.287 e. The molecular weight excluding hydrogens is 377 g/mol. The molecule has 0 radical (unpaired) electrons. The molecule has 2 aromatic heterocycles. The first-order chi connectivity index (χ1) is 13.6. The first kappa shape index (κ1) is 18.6. The third-order valence-corrected chi connectivity index (χ3v) is 5.42. The molecule has 4 aromatic rings. The molecule has 5 nitrogen and oxygen atoms in total. The summed E-state index contributed by atoms with van der Waals surface area (Å²) in [6.45, 7) is 1.76. The number of H-pyrrole nitrogens is 1. The first-order valence-electron chi connectivity index (χ1n) is 9.00. The number of hydrogen-bond acceptors (Lipinski definition) is 4. The molecule has 2 N–H and O–H groups in total. The zero-order valence-electron chi connectivity index (χ0n) is 15.6. The van der Waals surface area contributed by atoms with Crippen LogP contribution in [0.3, 0.4) is 0 Å². The number of aromatic amines is 1. The highest BCUT2D eigenvalue weighted by Gasteiger charge is 2.24. The van der Waals surface area contributed by atoms with Gasteiger partial charge >= 0.3 is 0 Å². The summed E-state index contributed by atoms with van der Waals surface area (Å²) in [7, 11) is 0. The lowest BCUT2D eigenvalue weighted by Crippen LogP contribution is -2.30. The molecule has 1 amide bonds. The van der Waals surface area contributed by atoms with Crippen LogP contribution in [0.5, 0.6) is 0 Å². The average molecular weight is 397 g/mol. The van der Waals surface area contributed by atoms with E-state index in [1.807, 2.05) is 30.5 Å². The number of imidazole rings is 1. The molecule has 0 unspecified atom stereocenters. The van der Waals surface area contributed by atoms with Crippen molar-refractivity contribution in [2.45, 2.75) is 19.4 Å². The van der Waals surface area contributed by atoms with Crippen LogP contribution in [0, 0.1) is 12.7 Å². The molecule has 7 heteroatoms. The van der Waals surface area contributed by atoms with Crippen LogP contribution in [-0.4, -0.2) is 27.9 Å². The number of nitrogens with one attached hydrogen (secondary N) is 2. The van der Waals surface area contributed by atoms with E-state index in [2.05, 4.69) is 15.3 Å². The number of amides is 1. The molecule has 0 aliphatic carbocycles. The second-order valence-corrected chi connectivity index (χ2v) is 7.61. The predicted octanol–water partition coefficient (Wildman–Crippen LogP) is 4.98. The van der Waals surface area contributed by atoms with Gasteiger partial charge in [0, 0.05) is 10.9 Å². The maximum Gasteiger partial charge on any atom is 0.287 e. The normalized spacial score (nSPS) is 12.5. The third kappa shape index (κ3) is 3.38. The number of para-hydroxylation sites is 3. The van der Waals surface area contributed by atoms with E-state index in [1.54, 1.807) is 30.8 Å². The number of carbonyl (C=O) groups is 1. The Balaban J connectivity index is 1.66. The summed E-state index contributed by atoms with van der Waals surface area (Å²) in [6.07, 6.45) is 2.73. The molecule has 0 aliphatic heterocycles. The Bertz CT molecular complexity index is 1120. The summed E-state index contributed by atoms with van der Waals surface area (Å²) in [5, 5.41) is 3.61. The van der Waals surface area contributed by atoms with E-state index in [9.17, 15) is 9.18 Å². The molecule has 0 aliphatic rings. The van der Waals surface area contributed by atoms with Gasteiger partial charge in [0.1, 0.15) is 5.82 Å². The second-order valence-electron chi connectivity index (χ2n) is 6.62. The monoisotopic (exact) mass is 397 g/mol. The van der Waals surface area contributed by atoms with Gasteiger partial charge in [0.2, 0.25) is 0 Å². The Hall–Kier alpha value is -2.80. The Morgan fingerprint density at radius 1 is 1.29 bits per heavy atom. The summed E-state index contributed by atoms with van der Waals surface area (Å²) in [5.74, 6) is 0.833. The fourth-order valence-corrected chi connectivity index (χ4v) is 3.77. The number of benzene rings is 2. The van der Waals surface area contributed by atoms with Crippen molar-refractivity contribution in [1.82, 2.24) is 15.3 Å². The van der Waals surface area contributed by atoms with E-state index in [-0.39, 0.29) is 23.3 Å². The van der Waals surface area contributed by atoms with Crippen molar-refractivity contribution >= 4 is 39.7 Å². The number of aromatic nitrogens is 2. The minimum absolute atomic E-state index is 0.106. The molecule has 0 fully saturated rings. The quantitative estimate of drug-likeness (QED) is 0.481. The van der Waals surface area contributed by atoms with E-state index >= 15 is 0 Å². The van der Waals surface area contributed by atoms with Gasteiger partial charge in [-0.25, -0.2) is 9.37 Å². The standard InChI is InChI=1S/C21H20FN3O2S/c1-12-13-6-5-7-14(22)19(13)27-18(12)21(26)25-17(10-11-28-2)20-23-15-8-3-4-9-16(15)24-20/h3-9,17H,10-11H2,1-2H3,(H,23,24)(H,25,26)/t17-/m0/s1. The first-order valence-corrected chi connectivity index (χ1v) is 10.4. The van der Waals surface area contributed by atoms with Crippen molar-refractivity contribution in [3.05, 3.63) is 65.4 Å². The number of thioether (sulfide) groups is 1. The largest absolute Gasteiger partial charge is 0.448 e. The van der Waals surface area contributed by atoms with Gasteiger partial charge in [0.05, 0.1) is 17.1 Å². The molecule has 0 bridgehead atoms. The molecule has 0 saturated carbocycles. The van der Waals surface area contributed by atoms with Crippen molar-refractivity contribution in [2.24, 2.45) is 0 Å². The molecule has 2 aromatic carbocycles. The maximum absolute atomic E-state index is 14.0. The van der Waals surface area contributed by atoms with E-state index in [1.165, 1.54) is 6.07 Å². The Morgan fingerprint density at radius 3 is 2.86 bits per heavy atom. The molecular formula is C21H20FN3O2S. The van der Waals surface area contributed by atoms with Gasteiger partial charge in [0.25, 0.3) is 5.91 Å². The minimum atomic E-state index is -0.476. The maximum atomic E-state index is 14.0. The van der Waals surface area contributed by atoms with Crippen LogP contribution in [0.4, 0.5) is 4.39 Å². The number of fused-ring (bicyclic) bond motifs is 2. The van der Waals surface area contributed by atoms with E-state index in [4.69, 9.17) is 4.42 Å². The molecule has 0 spiro atoms. The van der Waals surface area contributed by atoms with Crippen LogP contribution in [0.2, 0.25) is 0 Å². The molecule has 4 rings (SSSR count). The van der Waals surface area contributed by atoms with E-state index < -0.39 is 5.82 Å². The van der Waals surface area contributed by atoms with Crippen LogP contribution < -0.4 is 5.32 Å². The zero-order chi connectivity index (χ0) is 19.7. The van der Waals surface area contributed by atoms with Crippen molar-refractivity contribution in [3.63, 3.8) is 0 Å². The highest BCUT2D eigenvalue weighted by molar-refractivity contribution is 7.98. The van der Waals surface area contributed by atoms with Gasteiger partial charge in [0.15, 0.2) is 17.2 Å². The fraction of sp³-hybridized carbons (Fsp3) is 0.238. The summed E-state index contributed by atoms with van der Waals surface area (Å²) in [4.78, 5) is 20.8. The number of nitrogens with zero attached hydrogens (tertiary/aromatic N) is 1. The molecule has 144 valence electrons. The summed E-state index contributed by atoms with van der Waals surface area (Å²) in [6, 6.07) is 12.1. The molecule has 2 heterocycles. The number of rotatable bonds is 6. The van der Waals surface area contributed by atoms with Crippen molar-refractivity contribution in [1.29, 1.82) is 0 Å². The number of carbonyl (C=O) groups excluding carboxylic acids is 1. The number of halogens is 1. The van der Waals surface area contributed by atoms with Crippen molar-refractivity contribution in [2.75, 3.05) is 12.0 Å². The lowest BCUT2D eigenvalue weighted by atomic mass is 10.1. The molecule has 1 atom stereocenters. The van der Waals surface area contributed by atoms with Gasteiger partial charge < -0.3 is 14.7 Å². The number of furan rings is 1. The van der Waals surface area contributed by atoms with Crippen molar-refractivity contribution in [3.8, 4) is 0 Å². The second kappa shape index (κ2) is 7.67. The van der Waals surface area contributed by atoms with Gasteiger partial charge in [-0.05, 0) is 43.6 Å². The van der Waals surface area contributed by atoms with Crippen LogP contribution in [0.15, 0.2) is 46.9 Å². The topological polar surface area (TPSA) is 70.9 Å². The van der Waals surface area contributed by atoms with Gasteiger partial charge in [-0.15, -0.1) is 0 Å². The third-order valence-electron chi connectivity index (χ3n) is 4.78. The molecule has 28 heavy (non-hydrogen) atoms. The van der Waals surface area contributed by atoms with Crippen LogP contribution in [0.25, 0.3) is 22.0 Å². The van der Waals surface area contributed by atoms with Gasteiger partial charge in [-0.2, -0.15) is 11.8 Å². The number of hydrogen-bond donors (Lipinski definition) is 2. The van der Waals surface area contributed by atoms with Gasteiger partial charge in [-0.1, -0.05) is 24.3 Å². The lowest BCUT2D eigenvalue weighted by Gasteiger charge is -2.15. The number of aryl methyl sites for hydroxylation is 1. The highest BCUT2D eigenvalue weighted by Crippen LogP contribution is 2.28. The van der Waals surface area contributed by atoms with Crippen molar-refractivity contribution < 1.29 is 13.6 Å². The highest BCUT2D eigenvalue weighted by atomic mass is 32.2. The van der Waals surface area contributed by atoms with E-state index in [0.717, 1.165) is 16.8 Å². The van der Waals surface area contributed by atoms with Crippen LogP contribution >= 0.6 is 11.8 Å². The summed E-state index contributed by atoms with van der Waals surface area (Å²) in [5.41, 5.74) is 2.50. The average Bonchev–Trinajstić information content (AvgIpc) is 3.27. The fourth-order valence-electron chi connectivity index (χ4n) is 3.30. The van der Waals surface area contributed by atoms with Crippen LogP contribution in [-0.2, 0) is 0 Å². The van der Waals surface area contributed by atoms with Crippen LogP contribution in [0.1, 0.15) is 34.4 Å². The molecule has 0 saturated heterocycles. The Morgan fingerprint density at radius 2 is 2.11 bits per heavy atom. The lowest BCUT2D eigenvalue weighted by molar-refractivity contribution is 0.0907. The Kier molecular flexibility index (Phi) is 5.09. The summed E-state index contributed by atoms with van der Waals surface area (Å²) >= 11 is 1.70.